The summed E-state index contributed by atoms with van der Waals surface area (Å²) in [5.41, 5.74) is 0.407. The van der Waals surface area contributed by atoms with Gasteiger partial charge in [-0.15, -0.1) is 0 Å². The Kier molecular flexibility index (Phi) is 2.96. The maximum Gasteiger partial charge on any atom is 0.270 e. The minimum atomic E-state index is -2.89. The number of benzene rings is 1. The van der Waals surface area contributed by atoms with Crippen molar-refractivity contribution in [3.05, 3.63) is 46.7 Å². The average Bonchev–Trinajstić information content (AvgIpc) is 2.63. The van der Waals surface area contributed by atoms with Gasteiger partial charge in [0.05, 0.1) is 5.02 Å². The Morgan fingerprint density at radius 3 is 2.41 bits per heavy atom. The lowest BCUT2D eigenvalue weighted by atomic mass is 10.0. The van der Waals surface area contributed by atoms with Gasteiger partial charge in [0.2, 0.25) is 0 Å². The third-order valence-corrected chi connectivity index (χ3v) is 2.81. The van der Waals surface area contributed by atoms with Crippen LogP contribution in [0.1, 0.15) is 18.2 Å². The van der Waals surface area contributed by atoms with Crippen molar-refractivity contribution in [2.24, 2.45) is 0 Å². The summed E-state index contributed by atoms with van der Waals surface area (Å²) in [5.74, 6) is -1.68. The Hall–Kier alpha value is -1.35. The highest BCUT2D eigenvalue weighted by molar-refractivity contribution is 6.33. The van der Waals surface area contributed by atoms with Crippen molar-refractivity contribution < 1.29 is 13.2 Å². The first-order chi connectivity index (χ1) is 7.88. The number of halogens is 3. The maximum absolute atomic E-state index is 13.2. The van der Waals surface area contributed by atoms with Crippen molar-refractivity contribution in [3.8, 4) is 11.3 Å². The van der Waals surface area contributed by atoms with Gasteiger partial charge in [-0.25, -0.2) is 8.78 Å². The molecule has 17 heavy (non-hydrogen) atoms. The van der Waals surface area contributed by atoms with Crippen molar-refractivity contribution in [1.29, 1.82) is 0 Å². The summed E-state index contributed by atoms with van der Waals surface area (Å²) < 4.78 is 31.8. The van der Waals surface area contributed by atoms with E-state index in [0.717, 1.165) is 6.92 Å². The molecule has 0 bridgehead atoms. The van der Waals surface area contributed by atoms with Crippen LogP contribution >= 0.6 is 11.6 Å². The molecule has 0 aliphatic rings. The van der Waals surface area contributed by atoms with E-state index in [2.05, 4.69) is 0 Å². The molecule has 0 unspecified atom stereocenters. The fourth-order valence-corrected chi connectivity index (χ4v) is 1.78. The van der Waals surface area contributed by atoms with Crippen LogP contribution in [0.2, 0.25) is 5.02 Å². The Morgan fingerprint density at radius 2 is 1.88 bits per heavy atom. The zero-order valence-corrected chi connectivity index (χ0v) is 10.2. The van der Waals surface area contributed by atoms with Crippen LogP contribution < -0.4 is 0 Å². The quantitative estimate of drug-likeness (QED) is 0.735. The lowest BCUT2D eigenvalue weighted by Crippen LogP contribution is -2.06. The van der Waals surface area contributed by atoms with Gasteiger partial charge in [-0.3, -0.25) is 0 Å². The van der Waals surface area contributed by atoms with Crippen molar-refractivity contribution >= 4 is 11.6 Å². The second-order valence-electron chi connectivity index (χ2n) is 3.99. The van der Waals surface area contributed by atoms with Crippen LogP contribution in [0.5, 0.6) is 0 Å². The summed E-state index contributed by atoms with van der Waals surface area (Å²) in [4.78, 5) is 0. The van der Waals surface area contributed by atoms with Gasteiger partial charge in [-0.1, -0.05) is 17.7 Å². The summed E-state index contributed by atoms with van der Waals surface area (Å²) >= 11 is 5.99. The normalized spacial score (nSPS) is 11.8. The van der Waals surface area contributed by atoms with E-state index in [9.17, 15) is 8.78 Å². The van der Waals surface area contributed by atoms with Gasteiger partial charge < -0.3 is 4.42 Å². The minimum Gasteiger partial charge on any atom is -0.461 e. The molecule has 0 aliphatic heterocycles. The number of rotatable bonds is 2. The van der Waals surface area contributed by atoms with E-state index in [0.29, 0.717) is 22.1 Å². The highest BCUT2D eigenvalue weighted by Gasteiger charge is 2.25. The summed E-state index contributed by atoms with van der Waals surface area (Å²) in [6.45, 7) is 2.64. The molecule has 0 atom stereocenters. The number of hydrogen-bond acceptors (Lipinski definition) is 1. The molecule has 0 spiro atoms. The minimum absolute atomic E-state index is 0.0778. The summed E-state index contributed by atoms with van der Waals surface area (Å²) in [6.07, 6.45) is 0. The Bertz CT molecular complexity index is 541. The fourth-order valence-electron chi connectivity index (χ4n) is 1.57. The molecule has 0 N–H and O–H groups in total. The van der Waals surface area contributed by atoms with E-state index in [4.69, 9.17) is 16.0 Å². The summed E-state index contributed by atoms with van der Waals surface area (Å²) in [6, 6.07) is 7.63. The Labute approximate surface area is 103 Å². The highest BCUT2D eigenvalue weighted by atomic mass is 35.5. The third-order valence-electron chi connectivity index (χ3n) is 2.48. The predicted octanol–water partition coefficient (Wildman–Crippen LogP) is 5.02. The lowest BCUT2D eigenvalue weighted by Gasteiger charge is -2.12. The van der Waals surface area contributed by atoms with Crippen molar-refractivity contribution in [2.75, 3.05) is 0 Å². The summed E-state index contributed by atoms with van der Waals surface area (Å²) in [5, 5.41) is 0.396. The van der Waals surface area contributed by atoms with Crippen LogP contribution in [0.15, 0.2) is 34.7 Å². The zero-order valence-electron chi connectivity index (χ0n) is 9.43. The number of aryl methyl sites for hydroxylation is 1. The van der Waals surface area contributed by atoms with Gasteiger partial charge in [-0.2, -0.15) is 0 Å². The second-order valence-corrected chi connectivity index (χ2v) is 4.40. The molecule has 0 radical (unpaired) electrons. The molecule has 90 valence electrons. The molecule has 1 heterocycles. The first kappa shape index (κ1) is 12.1. The third kappa shape index (κ3) is 2.50. The number of hydrogen-bond donors (Lipinski definition) is 0. The molecule has 2 rings (SSSR count). The van der Waals surface area contributed by atoms with E-state index < -0.39 is 5.92 Å². The fraction of sp³-hybridized carbons (Fsp3) is 0.231. The molecule has 2 aromatic rings. The molecule has 1 nitrogen and oxygen atoms in total. The predicted molar refractivity (Wildman–Crippen MR) is 63.5 cm³/mol. The topological polar surface area (TPSA) is 13.1 Å². The van der Waals surface area contributed by atoms with Crippen LogP contribution in [0.4, 0.5) is 8.78 Å². The van der Waals surface area contributed by atoms with Crippen LogP contribution in [0.25, 0.3) is 11.3 Å². The van der Waals surface area contributed by atoms with Gasteiger partial charge in [0, 0.05) is 18.1 Å². The monoisotopic (exact) mass is 256 g/mol. The zero-order chi connectivity index (χ0) is 12.6. The molecule has 0 fully saturated rings. The van der Waals surface area contributed by atoms with Gasteiger partial charge in [-0.05, 0) is 31.2 Å². The lowest BCUT2D eigenvalue weighted by molar-refractivity contribution is 0.0175. The van der Waals surface area contributed by atoms with E-state index in [1.165, 1.54) is 18.2 Å². The smallest absolute Gasteiger partial charge is 0.270 e. The largest absolute Gasteiger partial charge is 0.461 e. The molecular weight excluding hydrogens is 246 g/mol. The molecule has 0 aliphatic carbocycles. The molecule has 0 amide bonds. The van der Waals surface area contributed by atoms with E-state index >= 15 is 0 Å². The Morgan fingerprint density at radius 1 is 1.18 bits per heavy atom. The van der Waals surface area contributed by atoms with Gasteiger partial charge in [0.1, 0.15) is 11.5 Å². The average molecular weight is 257 g/mol. The number of alkyl halides is 2. The van der Waals surface area contributed by atoms with Gasteiger partial charge in [0.25, 0.3) is 5.92 Å². The highest BCUT2D eigenvalue weighted by Crippen LogP contribution is 2.35. The molecule has 4 heteroatoms. The van der Waals surface area contributed by atoms with Gasteiger partial charge >= 0.3 is 0 Å². The van der Waals surface area contributed by atoms with Crippen molar-refractivity contribution in [3.63, 3.8) is 0 Å². The van der Waals surface area contributed by atoms with Crippen LogP contribution in [0, 0.1) is 6.92 Å². The maximum atomic E-state index is 13.2. The van der Waals surface area contributed by atoms with Crippen molar-refractivity contribution in [1.82, 2.24) is 0 Å². The van der Waals surface area contributed by atoms with Crippen molar-refractivity contribution in [2.45, 2.75) is 19.8 Å². The first-order valence-electron chi connectivity index (χ1n) is 5.12. The molecule has 0 saturated carbocycles. The Balaban J connectivity index is 2.54. The van der Waals surface area contributed by atoms with E-state index in [1.807, 2.05) is 0 Å². The molecule has 0 saturated heterocycles. The van der Waals surface area contributed by atoms with Crippen LogP contribution in [-0.4, -0.2) is 0 Å². The molecule has 1 aromatic heterocycles. The standard InChI is InChI=1S/C13H11ClF2O/c1-8-3-6-12(17-8)10-7-9(13(2,15)16)4-5-11(10)14/h3-7H,1-2H3. The molecule has 1 aromatic carbocycles. The van der Waals surface area contributed by atoms with Crippen LogP contribution in [-0.2, 0) is 5.92 Å². The molecular formula is C13H11ClF2O. The SMILES string of the molecule is Cc1ccc(-c2cc(C(C)(F)F)ccc2Cl)o1. The van der Waals surface area contributed by atoms with Crippen LogP contribution in [0.3, 0.4) is 0 Å². The van der Waals surface area contributed by atoms with E-state index in [-0.39, 0.29) is 5.56 Å². The van der Waals surface area contributed by atoms with E-state index in [1.54, 1.807) is 19.1 Å². The number of furan rings is 1. The first-order valence-corrected chi connectivity index (χ1v) is 5.50. The summed E-state index contributed by atoms with van der Waals surface area (Å²) in [7, 11) is 0. The van der Waals surface area contributed by atoms with Gasteiger partial charge in [0.15, 0.2) is 0 Å². The second kappa shape index (κ2) is 4.15.